The van der Waals surface area contributed by atoms with Crippen LogP contribution in [0.3, 0.4) is 0 Å². The number of carbonyl (C=O) groups excluding carboxylic acids is 2. The van der Waals surface area contributed by atoms with Crippen molar-refractivity contribution < 1.29 is 23.1 Å². The third-order valence-electron chi connectivity index (χ3n) is 4.07. The molecule has 0 spiro atoms. The Balaban J connectivity index is 1.75. The summed E-state index contributed by atoms with van der Waals surface area (Å²) < 4.78 is 34.3. The quantitative estimate of drug-likeness (QED) is 0.838. The molecule has 0 aliphatic heterocycles. The number of alkyl carbamates (subject to hydrolysis) is 1. The van der Waals surface area contributed by atoms with Gasteiger partial charge < -0.3 is 14.8 Å². The Hall–Kier alpha value is -2.58. The Bertz CT molecular complexity index is 824. The fourth-order valence-corrected chi connectivity index (χ4v) is 2.98. The number of aromatic nitrogens is 3. The molecular formula is C17H20F2N4O3. The highest BCUT2D eigenvalue weighted by atomic mass is 19.1. The van der Waals surface area contributed by atoms with E-state index in [2.05, 4.69) is 15.5 Å². The Morgan fingerprint density at radius 3 is 2.23 bits per heavy atom. The van der Waals surface area contributed by atoms with Crippen LogP contribution in [0.2, 0.25) is 0 Å². The van der Waals surface area contributed by atoms with Gasteiger partial charge in [-0.15, -0.1) is 0 Å². The number of rotatable bonds is 4. The normalized spacial score (nSPS) is 14.5. The molecule has 0 fully saturated rings. The highest BCUT2D eigenvalue weighted by Gasteiger charge is 2.31. The fraction of sp³-hybridized carbons (Fsp3) is 0.529. The molecule has 0 atom stereocenters. The zero-order valence-corrected chi connectivity index (χ0v) is 14.8. The van der Waals surface area contributed by atoms with Crippen molar-refractivity contribution in [2.24, 2.45) is 5.92 Å². The van der Waals surface area contributed by atoms with E-state index in [0.717, 1.165) is 4.80 Å². The molecule has 0 bridgehead atoms. The molecule has 1 heterocycles. The second-order valence-corrected chi connectivity index (χ2v) is 7.31. The van der Waals surface area contributed by atoms with Crippen molar-refractivity contribution in [1.82, 2.24) is 20.3 Å². The standard InChI is InChI=1S/C17H20F2N4O3/c1-17(2,3)26-16(25)20-4-5-23-21-14-12(18)10-6-9(8-24)7-11(10)13(19)15(14)22-23/h8-9H,4-7H2,1-3H3,(H,20,25). The van der Waals surface area contributed by atoms with Crippen molar-refractivity contribution in [3.05, 3.63) is 22.8 Å². The molecule has 1 amide bonds. The van der Waals surface area contributed by atoms with E-state index in [9.17, 15) is 18.4 Å². The molecule has 1 N–H and O–H groups in total. The summed E-state index contributed by atoms with van der Waals surface area (Å²) in [5, 5.41) is 10.5. The molecule has 1 aliphatic rings. The van der Waals surface area contributed by atoms with Crippen molar-refractivity contribution >= 4 is 23.4 Å². The number of hydrogen-bond donors (Lipinski definition) is 1. The first-order valence-corrected chi connectivity index (χ1v) is 8.35. The molecule has 0 saturated carbocycles. The van der Waals surface area contributed by atoms with Gasteiger partial charge in [0.1, 0.15) is 11.9 Å². The monoisotopic (exact) mass is 366 g/mol. The number of nitrogens with zero attached hydrogens (tertiary/aromatic N) is 3. The van der Waals surface area contributed by atoms with Gasteiger partial charge in [0, 0.05) is 12.5 Å². The maximum Gasteiger partial charge on any atom is 0.407 e. The summed E-state index contributed by atoms with van der Waals surface area (Å²) in [5.74, 6) is -1.68. The molecule has 7 nitrogen and oxygen atoms in total. The Kier molecular flexibility index (Phi) is 4.64. The number of aldehydes is 1. The van der Waals surface area contributed by atoms with Crippen LogP contribution < -0.4 is 5.32 Å². The summed E-state index contributed by atoms with van der Waals surface area (Å²) in [6.07, 6.45) is 0.465. The van der Waals surface area contributed by atoms with Crippen molar-refractivity contribution in [2.75, 3.05) is 6.54 Å². The van der Waals surface area contributed by atoms with Gasteiger partial charge in [-0.05, 0) is 44.7 Å². The third kappa shape index (κ3) is 3.51. The zero-order valence-electron chi connectivity index (χ0n) is 14.8. The van der Waals surface area contributed by atoms with Crippen LogP contribution in [0.4, 0.5) is 13.6 Å². The van der Waals surface area contributed by atoms with Gasteiger partial charge in [0.05, 0.1) is 6.54 Å². The van der Waals surface area contributed by atoms with E-state index < -0.39 is 29.2 Å². The van der Waals surface area contributed by atoms with E-state index in [0.29, 0.717) is 6.29 Å². The minimum Gasteiger partial charge on any atom is -0.444 e. The average Bonchev–Trinajstić information content (AvgIpc) is 3.15. The van der Waals surface area contributed by atoms with Crippen LogP contribution in [0, 0.1) is 17.6 Å². The zero-order chi connectivity index (χ0) is 19.1. The van der Waals surface area contributed by atoms with E-state index in [1.807, 2.05) is 0 Å². The van der Waals surface area contributed by atoms with E-state index in [4.69, 9.17) is 4.74 Å². The Labute approximate surface area is 148 Å². The molecule has 26 heavy (non-hydrogen) atoms. The molecule has 1 aliphatic carbocycles. The predicted octanol–water partition coefficient (Wildman–Crippen LogP) is 2.15. The Morgan fingerprint density at radius 2 is 1.77 bits per heavy atom. The van der Waals surface area contributed by atoms with E-state index in [1.165, 1.54) is 0 Å². The molecule has 140 valence electrons. The molecule has 0 unspecified atom stereocenters. The lowest BCUT2D eigenvalue weighted by Crippen LogP contribution is -2.34. The fourth-order valence-electron chi connectivity index (χ4n) is 2.98. The number of amides is 1. The maximum absolute atomic E-state index is 14.6. The maximum atomic E-state index is 14.6. The van der Waals surface area contributed by atoms with E-state index >= 15 is 0 Å². The van der Waals surface area contributed by atoms with Gasteiger partial charge in [-0.2, -0.15) is 15.0 Å². The van der Waals surface area contributed by atoms with Crippen LogP contribution in [-0.2, 0) is 28.9 Å². The number of hydrogen-bond acceptors (Lipinski definition) is 5. The second kappa shape index (κ2) is 6.62. The molecule has 1 aromatic heterocycles. The largest absolute Gasteiger partial charge is 0.444 e. The molecule has 3 rings (SSSR count). The highest BCUT2D eigenvalue weighted by molar-refractivity contribution is 5.79. The lowest BCUT2D eigenvalue weighted by atomic mass is 10.1. The van der Waals surface area contributed by atoms with Crippen LogP contribution in [-0.4, -0.2) is 39.5 Å². The van der Waals surface area contributed by atoms with Crippen molar-refractivity contribution in [3.8, 4) is 0 Å². The number of benzene rings is 1. The molecule has 9 heteroatoms. The van der Waals surface area contributed by atoms with Crippen molar-refractivity contribution in [3.63, 3.8) is 0 Å². The van der Waals surface area contributed by atoms with Crippen molar-refractivity contribution in [2.45, 2.75) is 45.8 Å². The molecule has 0 saturated heterocycles. The number of fused-ring (bicyclic) bond motifs is 2. The van der Waals surface area contributed by atoms with E-state index in [1.54, 1.807) is 20.8 Å². The molecule has 2 aromatic rings. The van der Waals surface area contributed by atoms with Gasteiger partial charge in [0.2, 0.25) is 0 Å². The highest BCUT2D eigenvalue weighted by Crippen LogP contribution is 2.34. The van der Waals surface area contributed by atoms with Gasteiger partial charge in [-0.25, -0.2) is 13.6 Å². The predicted molar refractivity (Wildman–Crippen MR) is 88.6 cm³/mol. The summed E-state index contributed by atoms with van der Waals surface area (Å²) in [5.41, 5.74) is -0.540. The van der Waals surface area contributed by atoms with Crippen molar-refractivity contribution in [1.29, 1.82) is 0 Å². The minimum absolute atomic E-state index is 0.133. The summed E-state index contributed by atoms with van der Waals surface area (Å²) >= 11 is 0. The second-order valence-electron chi connectivity index (χ2n) is 7.31. The number of nitrogens with one attached hydrogen (secondary N) is 1. The number of halogens is 2. The van der Waals surface area contributed by atoms with Crippen LogP contribution in [0.25, 0.3) is 11.0 Å². The summed E-state index contributed by atoms with van der Waals surface area (Å²) in [6, 6.07) is 0. The van der Waals surface area contributed by atoms with Crippen LogP contribution >= 0.6 is 0 Å². The average molecular weight is 366 g/mol. The molecule has 0 radical (unpaired) electrons. The minimum atomic E-state index is -0.632. The topological polar surface area (TPSA) is 86.1 Å². The lowest BCUT2D eigenvalue weighted by molar-refractivity contribution is -0.110. The summed E-state index contributed by atoms with van der Waals surface area (Å²) in [4.78, 5) is 23.7. The molecular weight excluding hydrogens is 346 g/mol. The van der Waals surface area contributed by atoms with Crippen LogP contribution in [0.1, 0.15) is 31.9 Å². The number of carbonyl (C=O) groups is 2. The smallest absolute Gasteiger partial charge is 0.407 e. The van der Waals surface area contributed by atoms with Crippen LogP contribution in [0.15, 0.2) is 0 Å². The van der Waals surface area contributed by atoms with Gasteiger partial charge in [-0.1, -0.05) is 0 Å². The molecule has 1 aromatic carbocycles. The van der Waals surface area contributed by atoms with Gasteiger partial charge >= 0.3 is 6.09 Å². The summed E-state index contributed by atoms with van der Waals surface area (Å²) in [7, 11) is 0. The lowest BCUT2D eigenvalue weighted by Gasteiger charge is -2.19. The third-order valence-corrected chi connectivity index (χ3v) is 4.07. The first-order chi connectivity index (χ1) is 12.2. The van der Waals surface area contributed by atoms with Gasteiger partial charge in [0.25, 0.3) is 0 Å². The first-order valence-electron chi connectivity index (χ1n) is 8.35. The van der Waals surface area contributed by atoms with E-state index in [-0.39, 0.29) is 48.1 Å². The first kappa shape index (κ1) is 18.2. The summed E-state index contributed by atoms with van der Waals surface area (Å²) in [6.45, 7) is 5.51. The van der Waals surface area contributed by atoms with Gasteiger partial charge in [0.15, 0.2) is 22.7 Å². The van der Waals surface area contributed by atoms with Crippen LogP contribution in [0.5, 0.6) is 0 Å². The number of ether oxygens (including phenoxy) is 1. The van der Waals surface area contributed by atoms with Gasteiger partial charge in [-0.3, -0.25) is 0 Å². The Morgan fingerprint density at radius 1 is 1.23 bits per heavy atom. The SMILES string of the molecule is CC(C)(C)OC(=O)NCCn1nc2c(F)c3c(c(F)c2n1)CC(C=O)C3.